The van der Waals surface area contributed by atoms with Crippen molar-refractivity contribution in [2.75, 3.05) is 19.7 Å². The first-order valence-corrected chi connectivity index (χ1v) is 7.36. The zero-order chi connectivity index (χ0) is 15.2. The lowest BCUT2D eigenvalue weighted by Crippen LogP contribution is -2.42. The van der Waals surface area contributed by atoms with Crippen LogP contribution in [-0.2, 0) is 4.79 Å². The number of likely N-dealkylation sites (tertiary alicyclic amines) is 1. The zero-order valence-corrected chi connectivity index (χ0v) is 12.2. The Labute approximate surface area is 124 Å². The van der Waals surface area contributed by atoms with E-state index in [2.05, 4.69) is 0 Å². The smallest absolute Gasteiger partial charge is 0.308 e. The number of nitrogens with zero attached hydrogens (tertiary/aromatic N) is 1. The molecule has 114 valence electrons. The Kier molecular flexibility index (Phi) is 5.20. The normalized spacial score (nSPS) is 18.3. The molecule has 21 heavy (non-hydrogen) atoms. The predicted octanol–water partition coefficient (Wildman–Crippen LogP) is 2.41. The monoisotopic (exact) mass is 291 g/mol. The molecule has 0 unspecified atom stereocenters. The van der Waals surface area contributed by atoms with Gasteiger partial charge in [-0.25, -0.2) is 0 Å². The van der Waals surface area contributed by atoms with Crippen molar-refractivity contribution in [3.05, 3.63) is 29.8 Å². The molecule has 1 aliphatic heterocycles. The van der Waals surface area contributed by atoms with Crippen LogP contribution in [-0.4, -0.2) is 41.6 Å². The summed E-state index contributed by atoms with van der Waals surface area (Å²) in [6.07, 6.45) is 2.31. The number of carboxylic acids is 1. The predicted molar refractivity (Wildman–Crippen MR) is 78.5 cm³/mol. The van der Waals surface area contributed by atoms with Crippen molar-refractivity contribution in [2.45, 2.75) is 26.2 Å². The van der Waals surface area contributed by atoms with E-state index in [4.69, 9.17) is 9.84 Å². The number of ether oxygens (including phenoxy) is 1. The van der Waals surface area contributed by atoms with E-state index in [9.17, 15) is 9.59 Å². The summed E-state index contributed by atoms with van der Waals surface area (Å²) in [5, 5.41) is 9.07. The molecule has 0 radical (unpaired) electrons. The van der Waals surface area contributed by atoms with Crippen molar-refractivity contribution in [1.29, 1.82) is 0 Å². The Hall–Kier alpha value is -2.04. The van der Waals surface area contributed by atoms with Gasteiger partial charge in [0.2, 0.25) is 0 Å². The van der Waals surface area contributed by atoms with Gasteiger partial charge < -0.3 is 14.7 Å². The fourth-order valence-corrected chi connectivity index (χ4v) is 2.46. The third kappa shape index (κ3) is 3.97. The first-order chi connectivity index (χ1) is 10.1. The van der Waals surface area contributed by atoms with Crippen molar-refractivity contribution < 1.29 is 19.4 Å². The highest BCUT2D eigenvalue weighted by Crippen LogP contribution is 2.20. The van der Waals surface area contributed by atoms with Crippen molar-refractivity contribution in [1.82, 2.24) is 4.90 Å². The van der Waals surface area contributed by atoms with Crippen LogP contribution in [0.15, 0.2) is 24.3 Å². The average molecular weight is 291 g/mol. The van der Waals surface area contributed by atoms with Crippen molar-refractivity contribution in [3.63, 3.8) is 0 Å². The molecule has 0 aliphatic carbocycles. The Bertz CT molecular complexity index is 498. The lowest BCUT2D eigenvalue weighted by atomic mass is 9.97. The van der Waals surface area contributed by atoms with Gasteiger partial charge in [-0.1, -0.05) is 6.92 Å². The van der Waals surface area contributed by atoms with Crippen LogP contribution >= 0.6 is 0 Å². The summed E-state index contributed by atoms with van der Waals surface area (Å²) in [6.45, 7) is 3.60. The minimum absolute atomic E-state index is 0.108. The van der Waals surface area contributed by atoms with Crippen LogP contribution < -0.4 is 4.74 Å². The second kappa shape index (κ2) is 7.11. The second-order valence-electron chi connectivity index (χ2n) is 5.30. The van der Waals surface area contributed by atoms with E-state index in [0.29, 0.717) is 31.7 Å². The van der Waals surface area contributed by atoms with Gasteiger partial charge in [0.05, 0.1) is 12.5 Å². The number of amides is 1. The van der Waals surface area contributed by atoms with Crippen molar-refractivity contribution >= 4 is 11.9 Å². The molecule has 2 rings (SSSR count). The molecule has 1 aromatic rings. The van der Waals surface area contributed by atoms with Crippen molar-refractivity contribution in [2.24, 2.45) is 5.92 Å². The third-order valence-corrected chi connectivity index (χ3v) is 3.63. The Morgan fingerprint density at radius 2 is 2.05 bits per heavy atom. The number of aliphatic carboxylic acids is 1. The number of piperidine rings is 1. The molecular weight excluding hydrogens is 270 g/mol. The number of hydrogen-bond acceptors (Lipinski definition) is 3. The lowest BCUT2D eigenvalue weighted by Gasteiger charge is -2.30. The van der Waals surface area contributed by atoms with Gasteiger partial charge in [0.1, 0.15) is 5.75 Å². The van der Waals surface area contributed by atoms with Crippen molar-refractivity contribution in [3.8, 4) is 5.75 Å². The fourth-order valence-electron chi connectivity index (χ4n) is 2.46. The molecule has 1 aliphatic rings. The van der Waals surface area contributed by atoms with E-state index in [1.54, 1.807) is 29.2 Å². The maximum atomic E-state index is 12.4. The van der Waals surface area contributed by atoms with Gasteiger partial charge in [0, 0.05) is 18.7 Å². The van der Waals surface area contributed by atoms with E-state index in [1.807, 2.05) is 6.92 Å². The van der Waals surface area contributed by atoms with Crippen LogP contribution in [0.2, 0.25) is 0 Å². The maximum Gasteiger partial charge on any atom is 0.308 e. The summed E-state index contributed by atoms with van der Waals surface area (Å²) in [6, 6.07) is 7.03. The highest BCUT2D eigenvalue weighted by atomic mass is 16.5. The van der Waals surface area contributed by atoms with E-state index in [0.717, 1.165) is 18.6 Å². The molecule has 1 atom stereocenters. The van der Waals surface area contributed by atoms with Gasteiger partial charge in [0.25, 0.3) is 5.91 Å². The van der Waals surface area contributed by atoms with E-state index in [1.165, 1.54) is 0 Å². The van der Waals surface area contributed by atoms with Gasteiger partial charge in [0.15, 0.2) is 0 Å². The molecule has 1 heterocycles. The van der Waals surface area contributed by atoms with Crippen LogP contribution in [0.5, 0.6) is 5.75 Å². The summed E-state index contributed by atoms with van der Waals surface area (Å²) in [5.74, 6) is -0.635. The minimum Gasteiger partial charge on any atom is -0.494 e. The van der Waals surface area contributed by atoms with Crippen LogP contribution in [0.25, 0.3) is 0 Å². The standard InChI is InChI=1S/C16H21NO4/c1-2-10-21-14-7-5-12(6-8-14)15(18)17-9-3-4-13(11-17)16(19)20/h5-8,13H,2-4,9-11H2,1H3,(H,19,20)/t13-/m0/s1. The van der Waals surface area contributed by atoms with Crippen LogP contribution in [0.3, 0.4) is 0 Å². The van der Waals surface area contributed by atoms with E-state index in [-0.39, 0.29) is 5.91 Å². The largest absolute Gasteiger partial charge is 0.494 e. The highest BCUT2D eigenvalue weighted by Gasteiger charge is 2.28. The van der Waals surface area contributed by atoms with Gasteiger partial charge in [-0.05, 0) is 43.5 Å². The number of benzene rings is 1. The molecule has 0 saturated carbocycles. The lowest BCUT2D eigenvalue weighted by molar-refractivity contribution is -0.143. The SMILES string of the molecule is CCCOc1ccc(C(=O)N2CCC[C@H](C(=O)O)C2)cc1. The molecular formula is C16H21NO4. The molecule has 5 heteroatoms. The summed E-state index contributed by atoms with van der Waals surface area (Å²) in [7, 11) is 0. The summed E-state index contributed by atoms with van der Waals surface area (Å²) < 4.78 is 5.48. The topological polar surface area (TPSA) is 66.8 Å². The fraction of sp³-hybridized carbons (Fsp3) is 0.500. The molecule has 0 bridgehead atoms. The number of carbonyl (C=O) groups excluding carboxylic acids is 1. The van der Waals surface area contributed by atoms with Gasteiger partial charge in [-0.15, -0.1) is 0 Å². The molecule has 0 spiro atoms. The molecule has 5 nitrogen and oxygen atoms in total. The first-order valence-electron chi connectivity index (χ1n) is 7.36. The van der Waals surface area contributed by atoms with Gasteiger partial charge in [-0.3, -0.25) is 9.59 Å². The van der Waals surface area contributed by atoms with E-state index < -0.39 is 11.9 Å². The second-order valence-corrected chi connectivity index (χ2v) is 5.30. The number of hydrogen-bond donors (Lipinski definition) is 1. The average Bonchev–Trinajstić information content (AvgIpc) is 2.53. The van der Waals surface area contributed by atoms with Gasteiger partial charge in [-0.2, -0.15) is 0 Å². The Balaban J connectivity index is 2.00. The van der Waals surface area contributed by atoms with Crippen LogP contribution in [0.1, 0.15) is 36.5 Å². The van der Waals surface area contributed by atoms with Crippen LogP contribution in [0.4, 0.5) is 0 Å². The number of carbonyl (C=O) groups is 2. The molecule has 0 aromatic heterocycles. The zero-order valence-electron chi connectivity index (χ0n) is 12.2. The molecule has 1 saturated heterocycles. The third-order valence-electron chi connectivity index (χ3n) is 3.63. The maximum absolute atomic E-state index is 12.4. The molecule has 1 fully saturated rings. The number of carboxylic acid groups (broad SMARTS) is 1. The minimum atomic E-state index is -0.823. The highest BCUT2D eigenvalue weighted by molar-refractivity contribution is 5.94. The quantitative estimate of drug-likeness (QED) is 0.904. The Morgan fingerprint density at radius 1 is 1.33 bits per heavy atom. The summed E-state index contributed by atoms with van der Waals surface area (Å²) in [4.78, 5) is 25.1. The molecule has 1 amide bonds. The Morgan fingerprint density at radius 3 is 2.67 bits per heavy atom. The summed E-state index contributed by atoms with van der Waals surface area (Å²) in [5.41, 5.74) is 0.574. The van der Waals surface area contributed by atoms with E-state index >= 15 is 0 Å². The summed E-state index contributed by atoms with van der Waals surface area (Å²) >= 11 is 0. The first kappa shape index (κ1) is 15.4. The molecule has 1 N–H and O–H groups in total. The van der Waals surface area contributed by atoms with Gasteiger partial charge >= 0.3 is 5.97 Å². The number of rotatable bonds is 5. The van der Waals surface area contributed by atoms with Crippen LogP contribution in [0, 0.1) is 5.92 Å². The molecule has 1 aromatic carbocycles.